The van der Waals surface area contributed by atoms with Crippen molar-refractivity contribution in [1.29, 1.82) is 0 Å². The minimum absolute atomic E-state index is 0.0713. The number of anilines is 1. The van der Waals surface area contributed by atoms with Gasteiger partial charge in [0.15, 0.2) is 4.96 Å². The molecule has 5 heteroatoms. The average molecular weight is 257 g/mol. The Balaban J connectivity index is 2.00. The van der Waals surface area contributed by atoms with Crippen LogP contribution in [0.15, 0.2) is 42.0 Å². The maximum Gasteiger partial charge on any atom is 0.221 e. The summed E-state index contributed by atoms with van der Waals surface area (Å²) in [4.78, 5) is 16.5. The Kier molecular flexibility index (Phi) is 2.60. The zero-order chi connectivity index (χ0) is 12.5. The number of nitrogens with zero attached hydrogens (tertiary/aromatic N) is 2. The second kappa shape index (κ2) is 4.27. The summed E-state index contributed by atoms with van der Waals surface area (Å²) < 4.78 is 1.99. The molecule has 0 radical (unpaired) electrons. The van der Waals surface area contributed by atoms with E-state index in [1.165, 1.54) is 6.92 Å². The van der Waals surface area contributed by atoms with Crippen molar-refractivity contribution < 1.29 is 4.79 Å². The van der Waals surface area contributed by atoms with Crippen molar-refractivity contribution in [3.05, 3.63) is 42.0 Å². The molecule has 0 atom stereocenters. The van der Waals surface area contributed by atoms with Crippen LogP contribution in [-0.4, -0.2) is 15.3 Å². The molecule has 1 amide bonds. The van der Waals surface area contributed by atoms with E-state index in [4.69, 9.17) is 0 Å². The smallest absolute Gasteiger partial charge is 0.221 e. The van der Waals surface area contributed by atoms with E-state index in [1.54, 1.807) is 11.3 Å². The van der Waals surface area contributed by atoms with Gasteiger partial charge in [-0.25, -0.2) is 4.98 Å². The first-order valence-electron chi connectivity index (χ1n) is 5.52. The highest BCUT2D eigenvalue weighted by atomic mass is 32.1. The van der Waals surface area contributed by atoms with Gasteiger partial charge in [0.05, 0.1) is 5.69 Å². The Morgan fingerprint density at radius 1 is 1.44 bits per heavy atom. The molecule has 0 spiro atoms. The number of aromatic nitrogens is 2. The predicted octanol–water partition coefficient (Wildman–Crippen LogP) is 3.02. The highest BCUT2D eigenvalue weighted by molar-refractivity contribution is 7.15. The van der Waals surface area contributed by atoms with E-state index in [1.807, 2.05) is 46.4 Å². The maximum absolute atomic E-state index is 11.0. The molecule has 3 rings (SSSR count). The maximum atomic E-state index is 11.0. The first-order valence-corrected chi connectivity index (χ1v) is 6.40. The number of thiazole rings is 1. The number of carbonyl (C=O) groups excluding carboxylic acids is 1. The van der Waals surface area contributed by atoms with Gasteiger partial charge in [-0.15, -0.1) is 11.3 Å². The molecule has 2 aromatic heterocycles. The van der Waals surface area contributed by atoms with Crippen molar-refractivity contribution in [2.45, 2.75) is 6.92 Å². The van der Waals surface area contributed by atoms with Gasteiger partial charge in [-0.05, 0) is 12.1 Å². The topological polar surface area (TPSA) is 46.4 Å². The summed E-state index contributed by atoms with van der Waals surface area (Å²) >= 11 is 1.60. The van der Waals surface area contributed by atoms with Gasteiger partial charge in [0, 0.05) is 35.9 Å². The second-order valence-electron chi connectivity index (χ2n) is 3.98. The van der Waals surface area contributed by atoms with Crippen molar-refractivity contribution in [1.82, 2.24) is 9.38 Å². The minimum Gasteiger partial charge on any atom is -0.326 e. The molecule has 0 unspecified atom stereocenters. The molecule has 0 bridgehead atoms. The minimum atomic E-state index is -0.0713. The van der Waals surface area contributed by atoms with Crippen LogP contribution in [0, 0.1) is 0 Å². The lowest BCUT2D eigenvalue weighted by molar-refractivity contribution is -0.114. The quantitative estimate of drug-likeness (QED) is 0.767. The predicted molar refractivity (Wildman–Crippen MR) is 72.8 cm³/mol. The SMILES string of the molecule is CC(=O)Nc1cccc(-c2cn3ccsc3n2)c1. The number of fused-ring (bicyclic) bond motifs is 1. The second-order valence-corrected chi connectivity index (χ2v) is 4.85. The third-order valence-electron chi connectivity index (χ3n) is 2.57. The number of imidazole rings is 1. The van der Waals surface area contributed by atoms with Gasteiger partial charge in [-0.2, -0.15) is 0 Å². The first kappa shape index (κ1) is 11.0. The zero-order valence-electron chi connectivity index (χ0n) is 9.75. The number of benzene rings is 1. The van der Waals surface area contributed by atoms with Gasteiger partial charge >= 0.3 is 0 Å². The number of hydrogen-bond acceptors (Lipinski definition) is 3. The number of hydrogen-bond donors (Lipinski definition) is 1. The number of amides is 1. The van der Waals surface area contributed by atoms with Crippen LogP contribution in [-0.2, 0) is 4.79 Å². The third-order valence-corrected chi connectivity index (χ3v) is 3.34. The fourth-order valence-electron chi connectivity index (χ4n) is 1.83. The summed E-state index contributed by atoms with van der Waals surface area (Å²) in [5, 5.41) is 4.77. The van der Waals surface area contributed by atoms with E-state index in [0.29, 0.717) is 0 Å². The molecular formula is C13H11N3OS. The van der Waals surface area contributed by atoms with E-state index in [-0.39, 0.29) is 5.91 Å². The average Bonchev–Trinajstić information content (AvgIpc) is 2.88. The molecule has 0 aliphatic rings. The molecule has 1 N–H and O–H groups in total. The highest BCUT2D eigenvalue weighted by Gasteiger charge is 2.06. The summed E-state index contributed by atoms with van der Waals surface area (Å²) in [6.07, 6.45) is 3.97. The molecule has 0 saturated carbocycles. The molecule has 2 heterocycles. The van der Waals surface area contributed by atoms with Crippen molar-refractivity contribution in [2.75, 3.05) is 5.32 Å². The van der Waals surface area contributed by atoms with E-state index in [9.17, 15) is 4.79 Å². The van der Waals surface area contributed by atoms with Crippen LogP contribution >= 0.6 is 11.3 Å². The van der Waals surface area contributed by atoms with Crippen LogP contribution in [0.5, 0.6) is 0 Å². The Morgan fingerprint density at radius 2 is 2.33 bits per heavy atom. The lowest BCUT2D eigenvalue weighted by Gasteiger charge is -2.03. The Bertz CT molecular complexity index is 685. The molecule has 3 aromatic rings. The molecule has 1 aromatic carbocycles. The molecule has 0 fully saturated rings. The molecule has 4 nitrogen and oxygen atoms in total. The van der Waals surface area contributed by atoms with Crippen LogP contribution in [0.2, 0.25) is 0 Å². The van der Waals surface area contributed by atoms with E-state index >= 15 is 0 Å². The monoisotopic (exact) mass is 257 g/mol. The summed E-state index contributed by atoms with van der Waals surface area (Å²) in [5.41, 5.74) is 2.70. The van der Waals surface area contributed by atoms with Gasteiger partial charge in [0.2, 0.25) is 5.91 Å². The largest absolute Gasteiger partial charge is 0.326 e. The van der Waals surface area contributed by atoms with Crippen LogP contribution in [0.4, 0.5) is 5.69 Å². The summed E-state index contributed by atoms with van der Waals surface area (Å²) in [5.74, 6) is -0.0713. The van der Waals surface area contributed by atoms with Crippen LogP contribution in [0.25, 0.3) is 16.2 Å². The van der Waals surface area contributed by atoms with Crippen molar-refractivity contribution >= 4 is 27.9 Å². The van der Waals surface area contributed by atoms with Gasteiger partial charge < -0.3 is 5.32 Å². The number of rotatable bonds is 2. The molecule has 0 aliphatic carbocycles. The van der Waals surface area contributed by atoms with Crippen molar-refractivity contribution in [3.8, 4) is 11.3 Å². The van der Waals surface area contributed by atoms with Crippen LogP contribution in [0.3, 0.4) is 0 Å². The zero-order valence-corrected chi connectivity index (χ0v) is 10.6. The van der Waals surface area contributed by atoms with Gasteiger partial charge in [-0.1, -0.05) is 12.1 Å². The Morgan fingerprint density at radius 3 is 3.11 bits per heavy atom. The number of carbonyl (C=O) groups is 1. The standard InChI is InChI=1S/C13H11N3OS/c1-9(17)14-11-4-2-3-10(7-11)12-8-16-5-6-18-13(16)15-12/h2-8H,1H3,(H,14,17). The van der Waals surface area contributed by atoms with Crippen LogP contribution in [0.1, 0.15) is 6.92 Å². The molecule has 90 valence electrons. The molecule has 0 saturated heterocycles. The molecule has 18 heavy (non-hydrogen) atoms. The summed E-state index contributed by atoms with van der Waals surface area (Å²) in [6, 6.07) is 7.68. The lowest BCUT2D eigenvalue weighted by Crippen LogP contribution is -2.05. The van der Waals surface area contributed by atoms with Crippen LogP contribution < -0.4 is 5.32 Å². The summed E-state index contributed by atoms with van der Waals surface area (Å²) in [6.45, 7) is 1.50. The van der Waals surface area contributed by atoms with E-state index in [2.05, 4.69) is 10.3 Å². The Labute approximate surface area is 108 Å². The lowest BCUT2D eigenvalue weighted by atomic mass is 10.1. The third kappa shape index (κ3) is 2.00. The fourth-order valence-corrected chi connectivity index (χ4v) is 2.53. The van der Waals surface area contributed by atoms with E-state index in [0.717, 1.165) is 21.9 Å². The highest BCUT2D eigenvalue weighted by Crippen LogP contribution is 2.23. The van der Waals surface area contributed by atoms with Gasteiger partial charge in [0.1, 0.15) is 0 Å². The van der Waals surface area contributed by atoms with Gasteiger partial charge in [-0.3, -0.25) is 9.20 Å². The number of nitrogens with one attached hydrogen (secondary N) is 1. The van der Waals surface area contributed by atoms with E-state index < -0.39 is 0 Å². The normalized spacial score (nSPS) is 10.7. The molecular weight excluding hydrogens is 246 g/mol. The van der Waals surface area contributed by atoms with Crippen molar-refractivity contribution in [2.24, 2.45) is 0 Å². The molecule has 0 aliphatic heterocycles. The Hall–Kier alpha value is -2.14. The fraction of sp³-hybridized carbons (Fsp3) is 0.0769. The van der Waals surface area contributed by atoms with Gasteiger partial charge in [0.25, 0.3) is 0 Å². The first-order chi connectivity index (χ1) is 8.72. The summed E-state index contributed by atoms with van der Waals surface area (Å²) in [7, 11) is 0. The van der Waals surface area contributed by atoms with Crippen molar-refractivity contribution in [3.63, 3.8) is 0 Å².